The Balaban J connectivity index is 3.31. The number of nitrogens with zero attached hydrogens (tertiary/aromatic N) is 3. The highest BCUT2D eigenvalue weighted by molar-refractivity contribution is 6.27. The third-order valence-electron chi connectivity index (χ3n) is 2.29. The van der Waals surface area contributed by atoms with Crippen molar-refractivity contribution in [3.05, 3.63) is 35.6 Å². The van der Waals surface area contributed by atoms with Gasteiger partial charge in [0.25, 0.3) is 5.78 Å². The molecule has 0 saturated carbocycles. The molecular weight excluding hydrogens is 275 g/mol. The van der Waals surface area contributed by atoms with Crippen LogP contribution < -0.4 is 0 Å². The van der Waals surface area contributed by atoms with Gasteiger partial charge in [-0.05, 0) is 6.92 Å². The maximum Gasteiger partial charge on any atom is 0.455 e. The highest BCUT2D eigenvalue weighted by Gasteiger charge is 2.43. The predicted molar refractivity (Wildman–Crippen MR) is 63.9 cm³/mol. The lowest BCUT2D eigenvalue weighted by atomic mass is 10.0. The van der Waals surface area contributed by atoms with Crippen LogP contribution in [0.1, 0.15) is 16.1 Å². The standard InChI is InChI=1S/C12H12F3N3O2/c1-7-8(4-16-6-17-7)10(19)9(5-18(2)3)11(20)12(13,14)15/h4-6H,1-3H3/b9-5-. The lowest BCUT2D eigenvalue weighted by Gasteiger charge is -2.12. The highest BCUT2D eigenvalue weighted by Crippen LogP contribution is 2.23. The number of allylic oxidation sites excluding steroid dienone is 1. The quantitative estimate of drug-likeness (QED) is 0.364. The fourth-order valence-corrected chi connectivity index (χ4v) is 1.39. The van der Waals surface area contributed by atoms with Crippen LogP contribution in [0.15, 0.2) is 24.3 Å². The van der Waals surface area contributed by atoms with Crippen molar-refractivity contribution in [3.63, 3.8) is 0 Å². The van der Waals surface area contributed by atoms with E-state index < -0.39 is 23.3 Å². The molecule has 1 rings (SSSR count). The Hall–Kier alpha value is -2.25. The minimum atomic E-state index is -5.12. The van der Waals surface area contributed by atoms with E-state index in [2.05, 4.69) is 9.97 Å². The van der Waals surface area contributed by atoms with Crippen molar-refractivity contribution in [3.8, 4) is 0 Å². The number of rotatable bonds is 4. The van der Waals surface area contributed by atoms with Gasteiger partial charge in [-0.15, -0.1) is 0 Å². The molecule has 1 aromatic heterocycles. The van der Waals surface area contributed by atoms with Gasteiger partial charge in [-0.3, -0.25) is 9.59 Å². The zero-order valence-electron chi connectivity index (χ0n) is 11.0. The van der Waals surface area contributed by atoms with Crippen LogP contribution in [0.2, 0.25) is 0 Å². The van der Waals surface area contributed by atoms with Crippen LogP contribution >= 0.6 is 0 Å². The zero-order valence-corrected chi connectivity index (χ0v) is 11.0. The summed E-state index contributed by atoms with van der Waals surface area (Å²) in [4.78, 5) is 31.9. The first kappa shape index (κ1) is 15.8. The first-order chi connectivity index (χ1) is 9.14. The van der Waals surface area contributed by atoms with Crippen LogP contribution in [0.3, 0.4) is 0 Å². The number of halogens is 3. The summed E-state index contributed by atoms with van der Waals surface area (Å²) in [5, 5.41) is 0. The summed E-state index contributed by atoms with van der Waals surface area (Å²) in [7, 11) is 2.82. The molecule has 1 heterocycles. The number of hydrogen-bond acceptors (Lipinski definition) is 5. The fourth-order valence-electron chi connectivity index (χ4n) is 1.39. The van der Waals surface area contributed by atoms with Gasteiger partial charge < -0.3 is 4.90 Å². The molecule has 8 heteroatoms. The van der Waals surface area contributed by atoms with Gasteiger partial charge in [-0.1, -0.05) is 0 Å². The first-order valence-electron chi connectivity index (χ1n) is 5.45. The maximum atomic E-state index is 12.5. The Labute approximate surface area is 113 Å². The van der Waals surface area contributed by atoms with Crippen molar-refractivity contribution >= 4 is 11.6 Å². The van der Waals surface area contributed by atoms with Crippen molar-refractivity contribution < 1.29 is 22.8 Å². The second-order valence-electron chi connectivity index (χ2n) is 4.18. The molecule has 0 bridgehead atoms. The second-order valence-corrected chi connectivity index (χ2v) is 4.18. The summed E-state index contributed by atoms with van der Waals surface area (Å²) >= 11 is 0. The van der Waals surface area contributed by atoms with Gasteiger partial charge in [0.05, 0.1) is 16.8 Å². The molecule has 0 fully saturated rings. The van der Waals surface area contributed by atoms with Crippen LogP contribution in [0.4, 0.5) is 13.2 Å². The molecule has 20 heavy (non-hydrogen) atoms. The van der Waals surface area contributed by atoms with Gasteiger partial charge in [-0.25, -0.2) is 9.97 Å². The van der Waals surface area contributed by atoms with Gasteiger partial charge in [0.15, 0.2) is 0 Å². The molecule has 0 atom stereocenters. The third-order valence-corrected chi connectivity index (χ3v) is 2.29. The number of aromatic nitrogens is 2. The van der Waals surface area contributed by atoms with E-state index in [1.807, 2.05) is 0 Å². The van der Waals surface area contributed by atoms with E-state index in [1.54, 1.807) is 0 Å². The van der Waals surface area contributed by atoms with Crippen LogP contribution in [0, 0.1) is 6.92 Å². The molecule has 0 aliphatic heterocycles. The van der Waals surface area contributed by atoms with Crippen LogP contribution in [-0.2, 0) is 4.79 Å². The smallest absolute Gasteiger partial charge is 0.383 e. The van der Waals surface area contributed by atoms with Gasteiger partial charge >= 0.3 is 6.18 Å². The van der Waals surface area contributed by atoms with E-state index in [1.165, 1.54) is 25.9 Å². The van der Waals surface area contributed by atoms with E-state index in [9.17, 15) is 22.8 Å². The predicted octanol–water partition coefficient (Wildman–Crippen LogP) is 1.54. The van der Waals surface area contributed by atoms with Crippen molar-refractivity contribution in [1.29, 1.82) is 0 Å². The molecule has 0 radical (unpaired) electrons. The Morgan fingerprint density at radius 2 is 1.90 bits per heavy atom. The van der Waals surface area contributed by atoms with E-state index >= 15 is 0 Å². The van der Waals surface area contributed by atoms with E-state index in [4.69, 9.17) is 0 Å². The van der Waals surface area contributed by atoms with Crippen molar-refractivity contribution in [2.75, 3.05) is 14.1 Å². The summed E-state index contributed by atoms with van der Waals surface area (Å²) in [6, 6.07) is 0. The third kappa shape index (κ3) is 3.62. The number of hydrogen-bond donors (Lipinski definition) is 0. The summed E-state index contributed by atoms with van der Waals surface area (Å²) in [5.74, 6) is -3.25. The highest BCUT2D eigenvalue weighted by atomic mass is 19.4. The summed E-state index contributed by atoms with van der Waals surface area (Å²) in [5.41, 5.74) is -0.914. The van der Waals surface area contributed by atoms with Gasteiger partial charge in [0.2, 0.25) is 5.78 Å². The monoisotopic (exact) mass is 287 g/mol. The van der Waals surface area contributed by atoms with E-state index in [0.29, 0.717) is 0 Å². The van der Waals surface area contributed by atoms with Crippen molar-refractivity contribution in [1.82, 2.24) is 14.9 Å². The minimum absolute atomic E-state index is 0.141. The summed E-state index contributed by atoms with van der Waals surface area (Å²) < 4.78 is 37.6. The fraction of sp³-hybridized carbons (Fsp3) is 0.333. The van der Waals surface area contributed by atoms with Crippen molar-refractivity contribution in [2.45, 2.75) is 13.1 Å². The van der Waals surface area contributed by atoms with Crippen molar-refractivity contribution in [2.24, 2.45) is 0 Å². The number of alkyl halides is 3. The molecule has 5 nitrogen and oxygen atoms in total. The molecule has 0 amide bonds. The molecule has 0 saturated heterocycles. The first-order valence-corrected chi connectivity index (χ1v) is 5.45. The normalized spacial score (nSPS) is 12.2. The number of aryl methyl sites for hydroxylation is 1. The summed E-state index contributed by atoms with van der Waals surface area (Å²) in [6.45, 7) is 1.44. The van der Waals surface area contributed by atoms with E-state index in [-0.39, 0.29) is 11.3 Å². The number of ketones is 2. The topological polar surface area (TPSA) is 63.2 Å². The van der Waals surface area contributed by atoms with Gasteiger partial charge in [-0.2, -0.15) is 13.2 Å². The SMILES string of the molecule is Cc1ncncc1C(=O)/C(=C/N(C)C)C(=O)C(F)(F)F. The van der Waals surface area contributed by atoms with Crippen LogP contribution in [-0.4, -0.2) is 46.7 Å². The largest absolute Gasteiger partial charge is 0.455 e. The Kier molecular flexibility index (Phi) is 4.59. The Morgan fingerprint density at radius 3 is 2.35 bits per heavy atom. The lowest BCUT2D eigenvalue weighted by molar-refractivity contribution is -0.166. The van der Waals surface area contributed by atoms with E-state index in [0.717, 1.165) is 18.7 Å². The Bertz CT molecular complexity index is 565. The molecule has 1 aromatic rings. The average molecular weight is 287 g/mol. The molecule has 0 aliphatic carbocycles. The molecule has 0 aromatic carbocycles. The van der Waals surface area contributed by atoms with Crippen LogP contribution in [0.25, 0.3) is 0 Å². The molecule has 0 spiro atoms. The van der Waals surface area contributed by atoms with Crippen LogP contribution in [0.5, 0.6) is 0 Å². The maximum absolute atomic E-state index is 12.5. The minimum Gasteiger partial charge on any atom is -0.383 e. The zero-order chi connectivity index (χ0) is 15.5. The Morgan fingerprint density at radius 1 is 1.30 bits per heavy atom. The molecule has 108 valence electrons. The second kappa shape index (κ2) is 5.81. The lowest BCUT2D eigenvalue weighted by Crippen LogP contribution is -2.30. The summed E-state index contributed by atoms with van der Waals surface area (Å²) in [6.07, 6.45) is -2.05. The molecule has 0 aliphatic rings. The molecule has 0 unspecified atom stereocenters. The van der Waals surface area contributed by atoms with Gasteiger partial charge in [0.1, 0.15) is 6.33 Å². The van der Waals surface area contributed by atoms with Gasteiger partial charge in [0, 0.05) is 26.5 Å². The molecular formula is C12H12F3N3O2. The molecule has 0 N–H and O–H groups in total. The number of carbonyl (C=O) groups is 2. The number of Topliss-reactive ketones (excluding diaryl/α,β-unsaturated/α-hetero) is 2. The number of carbonyl (C=O) groups excluding carboxylic acids is 2. The average Bonchev–Trinajstić information content (AvgIpc) is 2.33.